The van der Waals surface area contributed by atoms with Crippen LogP contribution in [0.4, 0.5) is 15.9 Å². The average molecular weight is 358 g/mol. The Hall–Kier alpha value is -1.37. The zero-order valence-corrected chi connectivity index (χ0v) is 12.2. The van der Waals surface area contributed by atoms with E-state index >= 15 is 0 Å². The van der Waals surface area contributed by atoms with Gasteiger partial charge in [0.2, 0.25) is 0 Å². The number of nitrogens with zero attached hydrogens (tertiary/aromatic N) is 1. The van der Waals surface area contributed by atoms with Gasteiger partial charge in [-0.3, -0.25) is 9.36 Å². The Balaban J connectivity index is 2.40. The summed E-state index contributed by atoms with van der Waals surface area (Å²) < 4.78 is 16.0. The fraction of sp³-hybridized carbons (Fsp3) is 0.154. The smallest absolute Gasteiger partial charge is 0.254 e. The Bertz CT molecular complexity index is 652. The van der Waals surface area contributed by atoms with Crippen LogP contribution in [-0.2, 0) is 7.05 Å². The van der Waals surface area contributed by atoms with Gasteiger partial charge in [-0.05, 0) is 53.8 Å². The van der Waals surface area contributed by atoms with Crippen LogP contribution in [-0.4, -0.2) is 4.57 Å². The molecule has 0 atom stereocenters. The van der Waals surface area contributed by atoms with E-state index in [9.17, 15) is 9.18 Å². The van der Waals surface area contributed by atoms with Gasteiger partial charge in [-0.1, -0.05) is 6.07 Å². The number of pyridine rings is 1. The van der Waals surface area contributed by atoms with Gasteiger partial charge in [0.15, 0.2) is 0 Å². The molecule has 0 aliphatic carbocycles. The topological polar surface area (TPSA) is 34.0 Å². The Labute approximate surface area is 118 Å². The predicted molar refractivity (Wildman–Crippen MR) is 78.8 cm³/mol. The van der Waals surface area contributed by atoms with Crippen LogP contribution < -0.4 is 10.9 Å². The molecule has 1 N–H and O–H groups in total. The largest absolute Gasteiger partial charge is 0.339 e. The third kappa shape index (κ3) is 2.55. The lowest BCUT2D eigenvalue weighted by Crippen LogP contribution is -2.21. The second-order valence-corrected chi connectivity index (χ2v) is 5.26. The van der Waals surface area contributed by atoms with Crippen molar-refractivity contribution >= 4 is 34.1 Å². The quantitative estimate of drug-likeness (QED) is 0.837. The molecule has 0 amide bonds. The predicted octanol–water partition coefficient (Wildman–Crippen LogP) is 3.18. The van der Waals surface area contributed by atoms with Crippen LogP contribution in [0.2, 0.25) is 0 Å². The van der Waals surface area contributed by atoms with Gasteiger partial charge in [-0.25, -0.2) is 4.39 Å². The van der Waals surface area contributed by atoms with E-state index in [1.807, 2.05) is 22.6 Å². The van der Waals surface area contributed by atoms with E-state index in [4.69, 9.17) is 0 Å². The summed E-state index contributed by atoms with van der Waals surface area (Å²) in [6.07, 6.45) is 0. The van der Waals surface area contributed by atoms with E-state index in [1.165, 1.54) is 10.6 Å². The van der Waals surface area contributed by atoms with Gasteiger partial charge in [0.25, 0.3) is 5.56 Å². The molecule has 1 aromatic heterocycles. The maximum Gasteiger partial charge on any atom is 0.254 e. The molecule has 0 radical (unpaired) electrons. The standard InChI is InChI=1S/C13H12FIN2O/c1-8-3-6-12(17(2)13(8)18)16-11-5-4-9(15)7-10(11)14/h3-7,16H,1-2H3. The molecule has 0 aliphatic rings. The lowest BCUT2D eigenvalue weighted by Gasteiger charge is -2.12. The molecular formula is C13H12FIN2O. The Morgan fingerprint density at radius 1 is 1.28 bits per heavy atom. The summed E-state index contributed by atoms with van der Waals surface area (Å²) in [5.74, 6) is 0.223. The van der Waals surface area contributed by atoms with E-state index in [1.54, 1.807) is 38.2 Å². The van der Waals surface area contributed by atoms with Crippen LogP contribution in [0, 0.1) is 16.3 Å². The normalized spacial score (nSPS) is 10.4. The lowest BCUT2D eigenvalue weighted by atomic mass is 10.2. The number of aryl methyl sites for hydroxylation is 1. The number of rotatable bonds is 2. The Morgan fingerprint density at radius 3 is 2.67 bits per heavy atom. The third-order valence-electron chi connectivity index (χ3n) is 2.69. The zero-order valence-electron chi connectivity index (χ0n) is 10.00. The minimum absolute atomic E-state index is 0.0917. The molecule has 0 saturated carbocycles. The SMILES string of the molecule is Cc1ccc(Nc2ccc(I)cc2F)n(C)c1=O. The first-order valence-corrected chi connectivity index (χ1v) is 6.45. The van der Waals surface area contributed by atoms with Crippen molar-refractivity contribution in [3.05, 3.63) is 55.6 Å². The maximum atomic E-state index is 13.7. The molecule has 0 saturated heterocycles. The van der Waals surface area contributed by atoms with Crippen LogP contribution in [0.5, 0.6) is 0 Å². The highest BCUT2D eigenvalue weighted by Crippen LogP contribution is 2.20. The number of anilines is 2. The van der Waals surface area contributed by atoms with Crippen molar-refractivity contribution in [3.8, 4) is 0 Å². The molecule has 5 heteroatoms. The van der Waals surface area contributed by atoms with Crippen molar-refractivity contribution in [2.75, 3.05) is 5.32 Å². The Kier molecular flexibility index (Phi) is 3.70. The number of halogens is 2. The van der Waals surface area contributed by atoms with E-state index in [0.29, 0.717) is 17.1 Å². The summed E-state index contributed by atoms with van der Waals surface area (Å²) in [5.41, 5.74) is 0.923. The van der Waals surface area contributed by atoms with Crippen molar-refractivity contribution in [2.24, 2.45) is 7.05 Å². The van der Waals surface area contributed by atoms with Gasteiger partial charge >= 0.3 is 0 Å². The van der Waals surface area contributed by atoms with Gasteiger partial charge in [-0.2, -0.15) is 0 Å². The van der Waals surface area contributed by atoms with Gasteiger partial charge in [0, 0.05) is 16.2 Å². The number of hydrogen-bond donors (Lipinski definition) is 1. The molecule has 0 spiro atoms. The molecule has 1 aromatic carbocycles. The molecular weight excluding hydrogens is 346 g/mol. The van der Waals surface area contributed by atoms with E-state index in [2.05, 4.69) is 5.32 Å². The first-order valence-electron chi connectivity index (χ1n) is 5.38. The van der Waals surface area contributed by atoms with Crippen molar-refractivity contribution in [1.82, 2.24) is 4.57 Å². The van der Waals surface area contributed by atoms with E-state index < -0.39 is 0 Å². The highest BCUT2D eigenvalue weighted by atomic mass is 127. The van der Waals surface area contributed by atoms with Crippen molar-refractivity contribution in [2.45, 2.75) is 6.92 Å². The number of benzene rings is 1. The molecule has 94 valence electrons. The highest BCUT2D eigenvalue weighted by molar-refractivity contribution is 14.1. The number of aromatic nitrogens is 1. The first-order chi connectivity index (χ1) is 8.49. The van der Waals surface area contributed by atoms with Crippen LogP contribution in [0.15, 0.2) is 35.1 Å². The van der Waals surface area contributed by atoms with E-state index in [-0.39, 0.29) is 11.4 Å². The molecule has 2 aromatic rings. The van der Waals surface area contributed by atoms with Crippen molar-refractivity contribution in [3.63, 3.8) is 0 Å². The maximum absolute atomic E-state index is 13.7. The first kappa shape index (κ1) is 13.1. The summed E-state index contributed by atoms with van der Waals surface area (Å²) in [7, 11) is 1.66. The van der Waals surface area contributed by atoms with Crippen LogP contribution in [0.25, 0.3) is 0 Å². The second kappa shape index (κ2) is 5.09. The molecule has 0 unspecified atom stereocenters. The second-order valence-electron chi connectivity index (χ2n) is 4.01. The molecule has 0 bridgehead atoms. The fourth-order valence-corrected chi connectivity index (χ4v) is 2.07. The number of nitrogens with one attached hydrogen (secondary N) is 1. The summed E-state index contributed by atoms with van der Waals surface area (Å²) in [5, 5.41) is 2.92. The van der Waals surface area contributed by atoms with Crippen LogP contribution in [0.1, 0.15) is 5.56 Å². The Morgan fingerprint density at radius 2 is 2.00 bits per heavy atom. The summed E-state index contributed by atoms with van der Waals surface area (Å²) in [6.45, 7) is 1.75. The van der Waals surface area contributed by atoms with Gasteiger partial charge in [0.05, 0.1) is 5.69 Å². The minimum atomic E-state index is -0.338. The number of hydrogen-bond acceptors (Lipinski definition) is 2. The summed E-state index contributed by atoms with van der Waals surface area (Å²) in [4.78, 5) is 11.7. The monoisotopic (exact) mass is 358 g/mol. The summed E-state index contributed by atoms with van der Waals surface area (Å²) in [6, 6.07) is 8.37. The molecule has 1 heterocycles. The molecule has 3 nitrogen and oxygen atoms in total. The zero-order chi connectivity index (χ0) is 13.3. The van der Waals surface area contributed by atoms with Crippen molar-refractivity contribution in [1.29, 1.82) is 0 Å². The van der Waals surface area contributed by atoms with Crippen molar-refractivity contribution < 1.29 is 4.39 Å². The van der Waals surface area contributed by atoms with E-state index in [0.717, 1.165) is 3.57 Å². The third-order valence-corrected chi connectivity index (χ3v) is 3.36. The van der Waals surface area contributed by atoms with Crippen LogP contribution >= 0.6 is 22.6 Å². The molecule has 18 heavy (non-hydrogen) atoms. The van der Waals surface area contributed by atoms with Gasteiger partial charge in [-0.15, -0.1) is 0 Å². The van der Waals surface area contributed by atoms with Crippen LogP contribution in [0.3, 0.4) is 0 Å². The average Bonchev–Trinajstić information content (AvgIpc) is 2.33. The van der Waals surface area contributed by atoms with Gasteiger partial charge < -0.3 is 5.32 Å². The molecule has 0 aliphatic heterocycles. The minimum Gasteiger partial charge on any atom is -0.339 e. The highest BCUT2D eigenvalue weighted by Gasteiger charge is 2.06. The van der Waals surface area contributed by atoms with Gasteiger partial charge in [0.1, 0.15) is 11.6 Å². The molecule has 0 fully saturated rings. The summed E-state index contributed by atoms with van der Waals surface area (Å²) >= 11 is 2.05. The molecule has 2 rings (SSSR count). The fourth-order valence-electron chi connectivity index (χ4n) is 1.62. The lowest BCUT2D eigenvalue weighted by molar-refractivity contribution is 0.630.